The quantitative estimate of drug-likeness (QED) is 0.430. The summed E-state index contributed by atoms with van der Waals surface area (Å²) in [7, 11) is 0. The van der Waals surface area contributed by atoms with E-state index in [0.717, 1.165) is 19.5 Å². The molecule has 0 spiro atoms. The molecule has 33 valence electrons. The molecule has 0 aromatic heterocycles. The van der Waals surface area contributed by atoms with Crippen LogP contribution in [-0.4, -0.2) is 42.6 Å². The van der Waals surface area contributed by atoms with Crippen LogP contribution < -0.4 is 11.5 Å². The van der Waals surface area contributed by atoms with Gasteiger partial charge in [-0.2, -0.15) is 0 Å². The van der Waals surface area contributed by atoms with Crippen molar-refractivity contribution < 1.29 is 0 Å². The van der Waals surface area contributed by atoms with Gasteiger partial charge in [0.25, 0.3) is 0 Å². The second-order valence-electron chi connectivity index (χ2n) is 0.931. The van der Waals surface area contributed by atoms with E-state index in [9.17, 15) is 0 Å². The average Bonchev–Trinajstić information content (AvgIpc) is 1.41. The van der Waals surface area contributed by atoms with Gasteiger partial charge in [-0.15, -0.1) is 0 Å². The van der Waals surface area contributed by atoms with E-state index >= 15 is 0 Å². The Labute approximate surface area is 60.6 Å². The summed E-state index contributed by atoms with van der Waals surface area (Å²) >= 11 is 0. The standard InChI is InChI=1S/C3H10N2.Na/c4-2-1-3-5;/h1-5H2;. The van der Waals surface area contributed by atoms with Gasteiger partial charge in [-0.25, -0.2) is 0 Å². The summed E-state index contributed by atoms with van der Waals surface area (Å²) in [6.45, 7) is 1.44. The Morgan fingerprint density at radius 1 is 1.00 bits per heavy atom. The zero-order chi connectivity index (χ0) is 4.12. The van der Waals surface area contributed by atoms with Crippen LogP contribution in [0.15, 0.2) is 0 Å². The third-order valence-corrected chi connectivity index (χ3v) is 0.408. The molecule has 0 amide bonds. The fourth-order valence-electron chi connectivity index (χ4n) is 0.118. The maximum atomic E-state index is 5.06. The molecular weight excluding hydrogens is 87.0 g/mol. The SMILES string of the molecule is NCCCN.[Na]. The summed E-state index contributed by atoms with van der Waals surface area (Å²) in [4.78, 5) is 0. The van der Waals surface area contributed by atoms with Crippen molar-refractivity contribution in [3.63, 3.8) is 0 Å². The van der Waals surface area contributed by atoms with Gasteiger partial charge in [-0.3, -0.25) is 0 Å². The summed E-state index contributed by atoms with van der Waals surface area (Å²) in [6, 6.07) is 0. The molecule has 0 atom stereocenters. The van der Waals surface area contributed by atoms with Crippen molar-refractivity contribution in [2.75, 3.05) is 13.1 Å². The van der Waals surface area contributed by atoms with Gasteiger partial charge in [0.1, 0.15) is 0 Å². The van der Waals surface area contributed by atoms with Gasteiger partial charge in [0.2, 0.25) is 0 Å². The molecule has 0 aromatic carbocycles. The Balaban J connectivity index is 0. The maximum absolute atomic E-state index is 5.06. The third kappa shape index (κ3) is 8.87. The van der Waals surface area contributed by atoms with Crippen LogP contribution in [0.5, 0.6) is 0 Å². The average molecular weight is 97.1 g/mol. The molecule has 6 heavy (non-hydrogen) atoms. The topological polar surface area (TPSA) is 52.0 Å². The predicted octanol–water partition coefficient (Wildman–Crippen LogP) is -1.09. The first kappa shape index (κ1) is 10.0. The van der Waals surface area contributed by atoms with E-state index in [4.69, 9.17) is 11.5 Å². The normalized spacial score (nSPS) is 7.00. The number of nitrogens with two attached hydrogens (primary N) is 2. The molecule has 0 bridgehead atoms. The molecular formula is C3H10N2Na. The van der Waals surface area contributed by atoms with Gasteiger partial charge in [0.15, 0.2) is 0 Å². The molecule has 0 heterocycles. The second-order valence-corrected chi connectivity index (χ2v) is 0.931. The van der Waals surface area contributed by atoms with Crippen LogP contribution in [0, 0.1) is 0 Å². The number of rotatable bonds is 2. The van der Waals surface area contributed by atoms with E-state index in [1.807, 2.05) is 0 Å². The van der Waals surface area contributed by atoms with Gasteiger partial charge < -0.3 is 11.5 Å². The molecule has 3 heteroatoms. The molecule has 0 unspecified atom stereocenters. The first-order chi connectivity index (χ1) is 2.41. The van der Waals surface area contributed by atoms with Gasteiger partial charge in [0, 0.05) is 29.6 Å². The van der Waals surface area contributed by atoms with E-state index in [1.54, 1.807) is 0 Å². The molecule has 2 nitrogen and oxygen atoms in total. The zero-order valence-corrected chi connectivity index (χ0v) is 6.28. The molecule has 1 radical (unpaired) electrons. The number of hydrogen-bond acceptors (Lipinski definition) is 2. The maximum Gasteiger partial charge on any atom is 0 e. The third-order valence-electron chi connectivity index (χ3n) is 0.408. The molecule has 0 aliphatic carbocycles. The van der Waals surface area contributed by atoms with Gasteiger partial charge in [-0.1, -0.05) is 0 Å². The van der Waals surface area contributed by atoms with E-state index in [1.165, 1.54) is 0 Å². The van der Waals surface area contributed by atoms with Crippen LogP contribution in [0.25, 0.3) is 0 Å². The molecule has 0 rings (SSSR count). The smallest absolute Gasteiger partial charge is 0 e. The summed E-state index contributed by atoms with van der Waals surface area (Å²) < 4.78 is 0. The molecule has 4 N–H and O–H groups in total. The van der Waals surface area contributed by atoms with Crippen LogP contribution in [-0.2, 0) is 0 Å². The van der Waals surface area contributed by atoms with Crippen LogP contribution in [0.3, 0.4) is 0 Å². The first-order valence-corrected chi connectivity index (χ1v) is 1.82. The van der Waals surface area contributed by atoms with Crippen LogP contribution in [0.1, 0.15) is 6.42 Å². The second kappa shape index (κ2) is 9.33. The van der Waals surface area contributed by atoms with Crippen molar-refractivity contribution in [2.45, 2.75) is 6.42 Å². The fourth-order valence-corrected chi connectivity index (χ4v) is 0.118. The summed E-state index contributed by atoms with van der Waals surface area (Å²) in [5.41, 5.74) is 10.1. The Kier molecular flexibility index (Phi) is 15.6. The van der Waals surface area contributed by atoms with Crippen molar-refractivity contribution >= 4 is 29.6 Å². The van der Waals surface area contributed by atoms with E-state index < -0.39 is 0 Å². The molecule has 0 aliphatic heterocycles. The van der Waals surface area contributed by atoms with Crippen molar-refractivity contribution in [3.05, 3.63) is 0 Å². The first-order valence-electron chi connectivity index (χ1n) is 1.82. The van der Waals surface area contributed by atoms with Crippen LogP contribution >= 0.6 is 0 Å². The van der Waals surface area contributed by atoms with Crippen molar-refractivity contribution in [1.82, 2.24) is 0 Å². The Bertz CT molecular complexity index is 16.3. The molecule has 0 fully saturated rings. The van der Waals surface area contributed by atoms with Crippen molar-refractivity contribution in [2.24, 2.45) is 11.5 Å². The van der Waals surface area contributed by atoms with E-state index in [0.29, 0.717) is 0 Å². The molecule has 0 saturated carbocycles. The molecule has 0 saturated heterocycles. The molecule has 0 aliphatic rings. The summed E-state index contributed by atoms with van der Waals surface area (Å²) in [6.07, 6.45) is 0.944. The summed E-state index contributed by atoms with van der Waals surface area (Å²) in [5.74, 6) is 0. The van der Waals surface area contributed by atoms with Crippen LogP contribution in [0.2, 0.25) is 0 Å². The fraction of sp³-hybridized carbons (Fsp3) is 1.00. The van der Waals surface area contributed by atoms with Crippen molar-refractivity contribution in [1.29, 1.82) is 0 Å². The number of hydrogen-bond donors (Lipinski definition) is 2. The minimum atomic E-state index is 0. The van der Waals surface area contributed by atoms with Gasteiger partial charge in [0.05, 0.1) is 0 Å². The molecule has 0 aromatic rings. The van der Waals surface area contributed by atoms with Gasteiger partial charge in [-0.05, 0) is 19.5 Å². The zero-order valence-electron chi connectivity index (χ0n) is 4.28. The summed E-state index contributed by atoms with van der Waals surface area (Å²) in [5, 5.41) is 0. The predicted molar refractivity (Wildman–Crippen MR) is 28.5 cm³/mol. The monoisotopic (exact) mass is 97.1 g/mol. The Morgan fingerprint density at radius 2 is 1.33 bits per heavy atom. The van der Waals surface area contributed by atoms with Crippen LogP contribution in [0.4, 0.5) is 0 Å². The Hall–Kier alpha value is 0.920. The minimum absolute atomic E-state index is 0. The van der Waals surface area contributed by atoms with E-state index in [-0.39, 0.29) is 29.6 Å². The van der Waals surface area contributed by atoms with Gasteiger partial charge >= 0.3 is 0 Å². The van der Waals surface area contributed by atoms with E-state index in [2.05, 4.69) is 0 Å². The van der Waals surface area contributed by atoms with Crippen molar-refractivity contribution in [3.8, 4) is 0 Å². The minimum Gasteiger partial charge on any atom is -0.330 e. The Morgan fingerprint density at radius 3 is 1.33 bits per heavy atom. The largest absolute Gasteiger partial charge is 0.330 e.